The highest BCUT2D eigenvalue weighted by Crippen LogP contribution is 2.42. The summed E-state index contributed by atoms with van der Waals surface area (Å²) in [5.41, 5.74) is 0.498. The van der Waals surface area contributed by atoms with Gasteiger partial charge in [-0.1, -0.05) is 24.8 Å². The van der Waals surface area contributed by atoms with Gasteiger partial charge in [-0.15, -0.1) is 11.3 Å². The highest BCUT2D eigenvalue weighted by molar-refractivity contribution is 7.13. The topological polar surface area (TPSA) is 72.6 Å². The van der Waals surface area contributed by atoms with E-state index in [0.29, 0.717) is 23.1 Å². The monoisotopic (exact) mass is 434 g/mol. The van der Waals surface area contributed by atoms with Gasteiger partial charge < -0.3 is 9.15 Å². The summed E-state index contributed by atoms with van der Waals surface area (Å²) >= 11 is 1.27. The number of carbonyl (C=O) groups is 1. The summed E-state index contributed by atoms with van der Waals surface area (Å²) in [4.78, 5) is 32.4. The summed E-state index contributed by atoms with van der Waals surface area (Å²) < 4.78 is 25.3. The second kappa shape index (κ2) is 7.48. The summed E-state index contributed by atoms with van der Waals surface area (Å²) in [6.07, 6.45) is 3.20. The first kappa shape index (κ1) is 19.2. The van der Waals surface area contributed by atoms with Crippen molar-refractivity contribution in [3.63, 3.8) is 0 Å². The largest absolute Gasteiger partial charge is 0.490 e. The lowest BCUT2D eigenvalue weighted by Gasteiger charge is -2.23. The lowest BCUT2D eigenvalue weighted by molar-refractivity contribution is 0.0971. The lowest BCUT2D eigenvalue weighted by Crippen LogP contribution is -2.29. The molecule has 154 valence electrons. The van der Waals surface area contributed by atoms with Crippen LogP contribution < -0.4 is 15.1 Å². The van der Waals surface area contributed by atoms with E-state index in [9.17, 15) is 14.0 Å². The fourth-order valence-corrected chi connectivity index (χ4v) is 4.39. The molecule has 0 saturated carbocycles. The number of amides is 1. The van der Waals surface area contributed by atoms with Gasteiger partial charge in [-0.3, -0.25) is 14.5 Å². The molecule has 5 rings (SSSR count). The van der Waals surface area contributed by atoms with E-state index in [4.69, 9.17) is 9.15 Å². The highest BCUT2D eigenvalue weighted by atomic mass is 32.1. The zero-order valence-electron chi connectivity index (χ0n) is 16.1. The van der Waals surface area contributed by atoms with Crippen LogP contribution in [0.2, 0.25) is 0 Å². The van der Waals surface area contributed by atoms with Gasteiger partial charge >= 0.3 is 0 Å². The molecule has 1 unspecified atom stereocenters. The number of hydrogen-bond acceptors (Lipinski definition) is 6. The molecule has 31 heavy (non-hydrogen) atoms. The standard InChI is InChI=1S/C23H15FN2O4S/c1-2-9-29-15-5-3-4-13(11-15)19-18-20(27)16-12-14(24)6-7-17(16)30-21(18)22(28)26(19)23-25-8-10-31-23/h2-8,10-12,19H,1,9H2. The Balaban J connectivity index is 1.76. The summed E-state index contributed by atoms with van der Waals surface area (Å²) in [6.45, 7) is 3.95. The van der Waals surface area contributed by atoms with Gasteiger partial charge in [0.1, 0.15) is 23.8 Å². The van der Waals surface area contributed by atoms with Crippen molar-refractivity contribution in [1.29, 1.82) is 0 Å². The van der Waals surface area contributed by atoms with E-state index in [2.05, 4.69) is 11.6 Å². The molecular weight excluding hydrogens is 419 g/mol. The number of rotatable bonds is 5. The molecule has 0 radical (unpaired) electrons. The maximum absolute atomic E-state index is 13.8. The summed E-state index contributed by atoms with van der Waals surface area (Å²) in [5, 5.41) is 2.25. The van der Waals surface area contributed by atoms with Crippen LogP contribution in [0.25, 0.3) is 11.0 Å². The normalized spacial score (nSPS) is 15.3. The molecule has 0 fully saturated rings. The summed E-state index contributed by atoms with van der Waals surface area (Å²) in [5.74, 6) is -0.539. The minimum absolute atomic E-state index is 0.0679. The van der Waals surface area contributed by atoms with Gasteiger partial charge in [-0.05, 0) is 35.9 Å². The van der Waals surface area contributed by atoms with Crippen molar-refractivity contribution >= 4 is 33.3 Å². The number of hydrogen-bond donors (Lipinski definition) is 0. The van der Waals surface area contributed by atoms with Gasteiger partial charge in [0.15, 0.2) is 10.6 Å². The smallest absolute Gasteiger partial charge is 0.297 e. The van der Waals surface area contributed by atoms with E-state index >= 15 is 0 Å². The third-order valence-electron chi connectivity index (χ3n) is 5.00. The van der Waals surface area contributed by atoms with Crippen LogP contribution in [0.1, 0.15) is 27.7 Å². The number of benzene rings is 2. The van der Waals surface area contributed by atoms with Crippen LogP contribution in [-0.4, -0.2) is 17.5 Å². The lowest BCUT2D eigenvalue weighted by atomic mass is 9.98. The summed E-state index contributed by atoms with van der Waals surface area (Å²) in [7, 11) is 0. The molecule has 2 aromatic heterocycles. The van der Waals surface area contributed by atoms with Crippen LogP contribution in [0.4, 0.5) is 9.52 Å². The van der Waals surface area contributed by atoms with Crippen molar-refractivity contribution in [3.05, 3.63) is 99.6 Å². The molecule has 1 aliphatic rings. The third kappa shape index (κ3) is 3.12. The fraction of sp³-hybridized carbons (Fsp3) is 0.0870. The Morgan fingerprint density at radius 1 is 1.26 bits per heavy atom. The van der Waals surface area contributed by atoms with E-state index < -0.39 is 23.2 Å². The molecule has 4 aromatic rings. The van der Waals surface area contributed by atoms with Crippen molar-refractivity contribution < 1.29 is 18.3 Å². The Morgan fingerprint density at radius 3 is 2.90 bits per heavy atom. The van der Waals surface area contributed by atoms with E-state index in [1.54, 1.807) is 41.9 Å². The first-order valence-corrected chi connectivity index (χ1v) is 10.3. The molecule has 1 amide bonds. The number of thiazole rings is 1. The second-order valence-electron chi connectivity index (χ2n) is 6.88. The Labute approximate surface area is 179 Å². The summed E-state index contributed by atoms with van der Waals surface area (Å²) in [6, 6.07) is 9.98. The number of ether oxygens (including phenoxy) is 1. The van der Waals surface area contributed by atoms with E-state index in [1.807, 2.05) is 0 Å². The Kier molecular flexibility index (Phi) is 4.63. The Hall–Kier alpha value is -3.78. The molecule has 1 atom stereocenters. The van der Waals surface area contributed by atoms with Crippen molar-refractivity contribution in [2.45, 2.75) is 6.04 Å². The maximum Gasteiger partial charge on any atom is 0.297 e. The average Bonchev–Trinajstić information content (AvgIpc) is 3.40. The molecule has 0 bridgehead atoms. The van der Waals surface area contributed by atoms with Crippen LogP contribution >= 0.6 is 11.3 Å². The van der Waals surface area contributed by atoms with Gasteiger partial charge in [0.25, 0.3) is 5.91 Å². The van der Waals surface area contributed by atoms with Crippen molar-refractivity contribution in [3.8, 4) is 5.75 Å². The van der Waals surface area contributed by atoms with E-state index in [0.717, 1.165) is 6.07 Å². The molecule has 8 heteroatoms. The predicted molar refractivity (Wildman–Crippen MR) is 115 cm³/mol. The molecule has 0 spiro atoms. The zero-order valence-corrected chi connectivity index (χ0v) is 16.9. The van der Waals surface area contributed by atoms with Crippen LogP contribution in [0.3, 0.4) is 0 Å². The first-order chi connectivity index (χ1) is 15.1. The molecule has 1 aliphatic heterocycles. The van der Waals surface area contributed by atoms with Crippen LogP contribution in [0, 0.1) is 5.82 Å². The number of carbonyl (C=O) groups excluding carboxylic acids is 1. The van der Waals surface area contributed by atoms with Gasteiger partial charge in [0.2, 0.25) is 5.76 Å². The fourth-order valence-electron chi connectivity index (χ4n) is 3.72. The van der Waals surface area contributed by atoms with E-state index in [1.165, 1.54) is 28.4 Å². The SMILES string of the molecule is C=CCOc1cccc(C2c3c(oc4ccc(F)cc4c3=O)C(=O)N2c2nccs2)c1. The second-order valence-corrected chi connectivity index (χ2v) is 7.75. The van der Waals surface area contributed by atoms with Gasteiger partial charge in [-0.25, -0.2) is 9.37 Å². The van der Waals surface area contributed by atoms with E-state index in [-0.39, 0.29) is 22.3 Å². The quantitative estimate of drug-likeness (QED) is 0.426. The van der Waals surface area contributed by atoms with Crippen LogP contribution in [0.5, 0.6) is 5.75 Å². The van der Waals surface area contributed by atoms with Crippen molar-refractivity contribution in [1.82, 2.24) is 4.98 Å². The average molecular weight is 434 g/mol. The molecule has 6 nitrogen and oxygen atoms in total. The zero-order chi connectivity index (χ0) is 21.5. The molecule has 0 saturated heterocycles. The Bertz CT molecular complexity index is 1380. The molecule has 2 aromatic carbocycles. The minimum Gasteiger partial charge on any atom is -0.490 e. The number of anilines is 1. The first-order valence-electron chi connectivity index (χ1n) is 9.41. The Morgan fingerprint density at radius 2 is 2.13 bits per heavy atom. The number of fused-ring (bicyclic) bond motifs is 2. The number of halogens is 1. The highest BCUT2D eigenvalue weighted by Gasteiger charge is 2.44. The van der Waals surface area contributed by atoms with Crippen LogP contribution in [0.15, 0.2) is 75.9 Å². The van der Waals surface area contributed by atoms with Crippen molar-refractivity contribution in [2.75, 3.05) is 11.5 Å². The van der Waals surface area contributed by atoms with Gasteiger partial charge in [0, 0.05) is 11.6 Å². The molecule has 0 N–H and O–H groups in total. The predicted octanol–water partition coefficient (Wildman–Crippen LogP) is 4.70. The van der Waals surface area contributed by atoms with Gasteiger partial charge in [0.05, 0.1) is 17.0 Å². The third-order valence-corrected chi connectivity index (χ3v) is 5.77. The maximum atomic E-state index is 13.8. The minimum atomic E-state index is -0.787. The molecule has 3 heterocycles. The number of nitrogens with zero attached hydrogens (tertiary/aromatic N) is 2. The molecule has 0 aliphatic carbocycles. The van der Waals surface area contributed by atoms with Gasteiger partial charge in [-0.2, -0.15) is 0 Å². The number of aromatic nitrogens is 1. The molecular formula is C23H15FN2O4S. The van der Waals surface area contributed by atoms with Crippen molar-refractivity contribution in [2.24, 2.45) is 0 Å². The van der Waals surface area contributed by atoms with Crippen LogP contribution in [-0.2, 0) is 0 Å².